The minimum atomic E-state index is 0.198. The molecular formula is C12H21N3O. The van der Waals surface area contributed by atoms with Gasteiger partial charge in [-0.25, -0.2) is 0 Å². The van der Waals surface area contributed by atoms with Gasteiger partial charge in [0.05, 0.1) is 5.69 Å². The van der Waals surface area contributed by atoms with Gasteiger partial charge in [0.2, 0.25) is 0 Å². The van der Waals surface area contributed by atoms with Crippen molar-refractivity contribution in [2.45, 2.75) is 25.2 Å². The molecule has 2 heterocycles. The lowest BCUT2D eigenvalue weighted by molar-refractivity contribution is 0.248. The number of hydrogen-bond acceptors (Lipinski definition) is 3. The van der Waals surface area contributed by atoms with Crippen LogP contribution in [0.3, 0.4) is 0 Å². The molecule has 1 unspecified atom stereocenters. The second kappa shape index (κ2) is 4.97. The van der Waals surface area contributed by atoms with E-state index >= 15 is 0 Å². The van der Waals surface area contributed by atoms with Crippen LogP contribution >= 0.6 is 0 Å². The van der Waals surface area contributed by atoms with Gasteiger partial charge in [-0.3, -0.25) is 4.68 Å². The maximum absolute atomic E-state index is 8.96. The van der Waals surface area contributed by atoms with Crippen molar-refractivity contribution in [2.24, 2.45) is 7.05 Å². The fraction of sp³-hybridized carbons (Fsp3) is 0.750. The van der Waals surface area contributed by atoms with Gasteiger partial charge in [-0.1, -0.05) is 0 Å². The molecule has 90 valence electrons. The second-order valence-corrected chi connectivity index (χ2v) is 4.76. The Balaban J connectivity index is 2.10. The van der Waals surface area contributed by atoms with E-state index in [9.17, 15) is 0 Å². The van der Waals surface area contributed by atoms with Crippen molar-refractivity contribution in [3.63, 3.8) is 0 Å². The summed E-state index contributed by atoms with van der Waals surface area (Å²) in [5, 5.41) is 13.5. The van der Waals surface area contributed by atoms with Crippen molar-refractivity contribution >= 4 is 0 Å². The van der Waals surface area contributed by atoms with Crippen LogP contribution in [0.25, 0.3) is 0 Å². The van der Waals surface area contributed by atoms with Crippen molar-refractivity contribution in [3.05, 3.63) is 17.5 Å². The highest BCUT2D eigenvalue weighted by Crippen LogP contribution is 2.25. The van der Waals surface area contributed by atoms with E-state index < -0.39 is 0 Å². The summed E-state index contributed by atoms with van der Waals surface area (Å²) in [6.07, 6.45) is 3.19. The first-order chi connectivity index (χ1) is 7.70. The number of likely N-dealkylation sites (tertiary alicyclic amines) is 1. The Morgan fingerprint density at radius 2 is 2.31 bits per heavy atom. The molecule has 0 radical (unpaired) electrons. The average molecular weight is 223 g/mol. The molecule has 2 rings (SSSR count). The summed E-state index contributed by atoms with van der Waals surface area (Å²) in [6, 6.07) is 2.15. The zero-order valence-corrected chi connectivity index (χ0v) is 10.2. The Bertz CT molecular complexity index is 348. The third-order valence-electron chi connectivity index (χ3n) is 3.41. The van der Waals surface area contributed by atoms with Crippen LogP contribution in [0.1, 0.15) is 30.1 Å². The smallest absolute Gasteiger partial charge is 0.0671 e. The largest absolute Gasteiger partial charge is 0.396 e. The maximum atomic E-state index is 8.96. The van der Waals surface area contributed by atoms with E-state index in [-0.39, 0.29) is 6.61 Å². The number of rotatable bonds is 3. The van der Waals surface area contributed by atoms with Gasteiger partial charge in [0.25, 0.3) is 0 Å². The van der Waals surface area contributed by atoms with Gasteiger partial charge in [0.1, 0.15) is 0 Å². The molecule has 0 spiro atoms. The van der Waals surface area contributed by atoms with E-state index in [1.165, 1.54) is 25.1 Å². The quantitative estimate of drug-likeness (QED) is 0.822. The number of piperidine rings is 1. The molecule has 1 aromatic heterocycles. The zero-order chi connectivity index (χ0) is 11.5. The molecule has 1 aromatic rings. The summed E-state index contributed by atoms with van der Waals surface area (Å²) < 4.78 is 1.90. The van der Waals surface area contributed by atoms with Gasteiger partial charge in [0.15, 0.2) is 0 Å². The Labute approximate surface area is 96.9 Å². The van der Waals surface area contributed by atoms with Crippen LogP contribution in [0.4, 0.5) is 0 Å². The molecule has 0 bridgehead atoms. The molecular weight excluding hydrogens is 202 g/mol. The first kappa shape index (κ1) is 11.6. The highest BCUT2D eigenvalue weighted by molar-refractivity contribution is 5.15. The van der Waals surface area contributed by atoms with Crippen LogP contribution < -0.4 is 0 Å². The minimum absolute atomic E-state index is 0.198. The van der Waals surface area contributed by atoms with Gasteiger partial charge in [-0.05, 0) is 32.5 Å². The Morgan fingerprint density at radius 3 is 3.00 bits per heavy atom. The van der Waals surface area contributed by atoms with Crippen LogP contribution in [0, 0.1) is 0 Å². The summed E-state index contributed by atoms with van der Waals surface area (Å²) in [4.78, 5) is 2.37. The van der Waals surface area contributed by atoms with Gasteiger partial charge < -0.3 is 10.0 Å². The van der Waals surface area contributed by atoms with Crippen LogP contribution in [-0.4, -0.2) is 46.5 Å². The molecule has 0 aliphatic carbocycles. The average Bonchev–Trinajstić information content (AvgIpc) is 2.61. The second-order valence-electron chi connectivity index (χ2n) is 4.76. The van der Waals surface area contributed by atoms with E-state index in [0.717, 1.165) is 12.2 Å². The van der Waals surface area contributed by atoms with Crippen LogP contribution in [0.5, 0.6) is 0 Å². The predicted molar refractivity (Wildman–Crippen MR) is 63.5 cm³/mol. The molecule has 1 saturated heterocycles. The fourth-order valence-corrected chi connectivity index (χ4v) is 2.49. The number of nitrogens with zero attached hydrogens (tertiary/aromatic N) is 3. The van der Waals surface area contributed by atoms with Gasteiger partial charge in [-0.2, -0.15) is 5.10 Å². The number of aliphatic hydroxyl groups excluding tert-OH is 1. The molecule has 4 heteroatoms. The molecule has 4 nitrogen and oxygen atoms in total. The summed E-state index contributed by atoms with van der Waals surface area (Å²) in [7, 11) is 4.13. The lowest BCUT2D eigenvalue weighted by Gasteiger charge is -2.28. The lowest BCUT2D eigenvalue weighted by Crippen LogP contribution is -2.31. The number of hydrogen-bond donors (Lipinski definition) is 1. The number of aliphatic hydroxyl groups is 1. The predicted octanol–water partition coefficient (Wildman–Crippen LogP) is 0.764. The van der Waals surface area contributed by atoms with Crippen molar-refractivity contribution in [3.8, 4) is 0 Å². The standard InChI is InChI=1S/C12H21N3O/c1-14-6-3-4-10(9-14)12-8-11(5-7-16)15(2)13-12/h8,10,16H,3-7,9H2,1-2H3. The first-order valence-electron chi connectivity index (χ1n) is 6.03. The highest BCUT2D eigenvalue weighted by atomic mass is 16.3. The molecule has 0 amide bonds. The van der Waals surface area contributed by atoms with E-state index in [4.69, 9.17) is 5.11 Å². The third-order valence-corrected chi connectivity index (χ3v) is 3.41. The van der Waals surface area contributed by atoms with Crippen LogP contribution in [-0.2, 0) is 13.5 Å². The molecule has 1 aliphatic heterocycles. The Kier molecular flexibility index (Phi) is 3.61. The Morgan fingerprint density at radius 1 is 1.50 bits per heavy atom. The summed E-state index contributed by atoms with van der Waals surface area (Å²) in [5.74, 6) is 0.567. The van der Waals surface area contributed by atoms with E-state index in [1.54, 1.807) is 0 Å². The molecule has 1 N–H and O–H groups in total. The molecule has 1 aliphatic rings. The normalized spacial score (nSPS) is 22.6. The third kappa shape index (κ3) is 2.44. The van der Waals surface area contributed by atoms with Crippen molar-refractivity contribution < 1.29 is 5.11 Å². The highest BCUT2D eigenvalue weighted by Gasteiger charge is 2.21. The molecule has 1 atom stereocenters. The zero-order valence-electron chi connectivity index (χ0n) is 10.2. The molecule has 0 saturated carbocycles. The summed E-state index contributed by atoms with van der Waals surface area (Å²) >= 11 is 0. The monoisotopic (exact) mass is 223 g/mol. The van der Waals surface area contributed by atoms with Crippen LogP contribution in [0.2, 0.25) is 0 Å². The SMILES string of the molecule is CN1CCCC(c2cc(CCO)n(C)n2)C1. The number of aryl methyl sites for hydroxylation is 1. The van der Waals surface area contributed by atoms with Gasteiger partial charge in [0, 0.05) is 38.2 Å². The van der Waals surface area contributed by atoms with E-state index in [2.05, 4.69) is 23.1 Å². The molecule has 16 heavy (non-hydrogen) atoms. The first-order valence-corrected chi connectivity index (χ1v) is 6.03. The minimum Gasteiger partial charge on any atom is -0.396 e. The summed E-state index contributed by atoms with van der Waals surface area (Å²) in [6.45, 7) is 2.51. The Hall–Kier alpha value is -0.870. The maximum Gasteiger partial charge on any atom is 0.0671 e. The van der Waals surface area contributed by atoms with Crippen LogP contribution in [0.15, 0.2) is 6.07 Å². The van der Waals surface area contributed by atoms with E-state index in [0.29, 0.717) is 12.3 Å². The van der Waals surface area contributed by atoms with E-state index in [1.807, 2.05) is 11.7 Å². The fourth-order valence-electron chi connectivity index (χ4n) is 2.49. The lowest BCUT2D eigenvalue weighted by atomic mass is 9.95. The van der Waals surface area contributed by atoms with Crippen molar-refractivity contribution in [2.75, 3.05) is 26.7 Å². The number of likely N-dealkylation sites (N-methyl/N-ethyl adjacent to an activating group) is 1. The van der Waals surface area contributed by atoms with Crippen molar-refractivity contribution in [1.82, 2.24) is 14.7 Å². The molecule has 0 aromatic carbocycles. The van der Waals surface area contributed by atoms with Gasteiger partial charge >= 0.3 is 0 Å². The van der Waals surface area contributed by atoms with Crippen molar-refractivity contribution in [1.29, 1.82) is 0 Å². The molecule has 1 fully saturated rings. The summed E-state index contributed by atoms with van der Waals surface area (Å²) in [5.41, 5.74) is 2.32. The number of aromatic nitrogens is 2. The van der Waals surface area contributed by atoms with Gasteiger partial charge in [-0.15, -0.1) is 0 Å². The topological polar surface area (TPSA) is 41.3 Å².